The molecule has 0 N–H and O–H groups in total. The number of aromatic nitrogens is 2. The van der Waals surface area contributed by atoms with Crippen LogP contribution < -0.4 is 0 Å². The van der Waals surface area contributed by atoms with Crippen molar-refractivity contribution in [3.05, 3.63) is 52.0 Å². The Morgan fingerprint density at radius 2 is 2.06 bits per heavy atom. The summed E-state index contributed by atoms with van der Waals surface area (Å²) in [4.78, 5) is 17.3. The Bertz CT molecular complexity index is 726. The Labute approximate surface area is 109 Å². The molecule has 0 unspecified atom stereocenters. The standard InChI is InChI=1S/C14H12N2OS/c1-9-6-11-12(7-10(9)2)16(8-15-11)14(17)13-4-3-5-18-13/h3-8H,1-2H3. The summed E-state index contributed by atoms with van der Waals surface area (Å²) in [6.07, 6.45) is 1.60. The van der Waals surface area contributed by atoms with Gasteiger partial charge in [-0.15, -0.1) is 11.3 Å². The quantitative estimate of drug-likeness (QED) is 0.668. The molecule has 0 atom stereocenters. The molecule has 0 aliphatic heterocycles. The first-order valence-corrected chi connectivity index (χ1v) is 6.57. The Morgan fingerprint density at radius 3 is 2.78 bits per heavy atom. The third-order valence-electron chi connectivity index (χ3n) is 3.11. The summed E-state index contributed by atoms with van der Waals surface area (Å²) in [5, 5.41) is 1.90. The van der Waals surface area contributed by atoms with E-state index in [9.17, 15) is 4.79 Å². The molecule has 0 aliphatic rings. The number of carbonyl (C=O) groups is 1. The zero-order chi connectivity index (χ0) is 12.7. The van der Waals surface area contributed by atoms with E-state index in [1.165, 1.54) is 22.5 Å². The normalized spacial score (nSPS) is 11.0. The van der Waals surface area contributed by atoms with Gasteiger partial charge in [-0.1, -0.05) is 6.07 Å². The molecule has 0 amide bonds. The molecule has 3 nitrogen and oxygen atoms in total. The van der Waals surface area contributed by atoms with Crippen LogP contribution >= 0.6 is 11.3 Å². The predicted octanol–water partition coefficient (Wildman–Crippen LogP) is 3.40. The Hall–Kier alpha value is -1.94. The van der Waals surface area contributed by atoms with Gasteiger partial charge in [0.2, 0.25) is 0 Å². The van der Waals surface area contributed by atoms with Crippen LogP contribution in [0.25, 0.3) is 11.0 Å². The van der Waals surface area contributed by atoms with Crippen molar-refractivity contribution < 1.29 is 4.79 Å². The molecule has 18 heavy (non-hydrogen) atoms. The second kappa shape index (κ2) is 4.07. The van der Waals surface area contributed by atoms with Crippen molar-refractivity contribution in [3.63, 3.8) is 0 Å². The average Bonchev–Trinajstić information content (AvgIpc) is 2.98. The second-order valence-electron chi connectivity index (χ2n) is 4.32. The highest BCUT2D eigenvalue weighted by Crippen LogP contribution is 2.20. The molecular formula is C14H12N2OS. The molecule has 2 heterocycles. The summed E-state index contributed by atoms with van der Waals surface area (Å²) in [5.41, 5.74) is 4.10. The molecule has 0 saturated heterocycles. The molecule has 1 aromatic carbocycles. The number of benzene rings is 1. The van der Waals surface area contributed by atoms with E-state index in [1.54, 1.807) is 10.9 Å². The Morgan fingerprint density at radius 1 is 1.28 bits per heavy atom. The molecule has 4 heteroatoms. The summed E-state index contributed by atoms with van der Waals surface area (Å²) in [6.45, 7) is 4.09. The van der Waals surface area contributed by atoms with E-state index in [1.807, 2.05) is 36.6 Å². The third kappa shape index (κ3) is 1.66. The van der Waals surface area contributed by atoms with Crippen LogP contribution in [0, 0.1) is 13.8 Å². The fraction of sp³-hybridized carbons (Fsp3) is 0.143. The van der Waals surface area contributed by atoms with Crippen molar-refractivity contribution in [2.75, 3.05) is 0 Å². The lowest BCUT2D eigenvalue weighted by atomic mass is 10.1. The molecule has 90 valence electrons. The summed E-state index contributed by atoms with van der Waals surface area (Å²) in [7, 11) is 0. The van der Waals surface area contributed by atoms with Gasteiger partial charge < -0.3 is 0 Å². The number of nitrogens with zero attached hydrogens (tertiary/aromatic N) is 2. The number of imidazole rings is 1. The molecule has 0 radical (unpaired) electrons. The van der Waals surface area contributed by atoms with Crippen molar-refractivity contribution in [3.8, 4) is 0 Å². The van der Waals surface area contributed by atoms with Gasteiger partial charge in [-0.3, -0.25) is 9.36 Å². The van der Waals surface area contributed by atoms with Crippen molar-refractivity contribution in [1.82, 2.24) is 9.55 Å². The molecule has 2 aromatic heterocycles. The minimum Gasteiger partial charge on any atom is -0.267 e. The number of carbonyl (C=O) groups excluding carboxylic acids is 1. The van der Waals surface area contributed by atoms with Gasteiger partial charge in [0.25, 0.3) is 5.91 Å². The molecule has 0 bridgehead atoms. The van der Waals surface area contributed by atoms with E-state index < -0.39 is 0 Å². The predicted molar refractivity (Wildman–Crippen MR) is 73.3 cm³/mol. The van der Waals surface area contributed by atoms with Gasteiger partial charge in [-0.25, -0.2) is 4.98 Å². The highest BCUT2D eigenvalue weighted by molar-refractivity contribution is 7.12. The topological polar surface area (TPSA) is 34.9 Å². The zero-order valence-electron chi connectivity index (χ0n) is 10.2. The van der Waals surface area contributed by atoms with Crippen molar-refractivity contribution in [1.29, 1.82) is 0 Å². The van der Waals surface area contributed by atoms with E-state index in [-0.39, 0.29) is 5.91 Å². The van der Waals surface area contributed by atoms with Crippen LogP contribution in [0.3, 0.4) is 0 Å². The van der Waals surface area contributed by atoms with Crippen LogP contribution in [0.1, 0.15) is 20.8 Å². The number of thiophene rings is 1. The van der Waals surface area contributed by atoms with Gasteiger partial charge in [0.05, 0.1) is 15.9 Å². The van der Waals surface area contributed by atoms with Gasteiger partial charge in [-0.05, 0) is 48.6 Å². The van der Waals surface area contributed by atoms with Crippen LogP contribution in [0.15, 0.2) is 36.0 Å². The first-order chi connectivity index (χ1) is 8.66. The van der Waals surface area contributed by atoms with Crippen LogP contribution in [-0.2, 0) is 0 Å². The number of hydrogen-bond donors (Lipinski definition) is 0. The average molecular weight is 256 g/mol. The van der Waals surface area contributed by atoms with E-state index in [0.717, 1.165) is 15.9 Å². The lowest BCUT2D eigenvalue weighted by Gasteiger charge is -2.03. The van der Waals surface area contributed by atoms with Gasteiger partial charge in [0.1, 0.15) is 6.33 Å². The number of fused-ring (bicyclic) bond motifs is 1. The monoisotopic (exact) mass is 256 g/mol. The largest absolute Gasteiger partial charge is 0.273 e. The van der Waals surface area contributed by atoms with E-state index in [4.69, 9.17) is 0 Å². The minimum absolute atomic E-state index is 0.0178. The fourth-order valence-electron chi connectivity index (χ4n) is 1.95. The van der Waals surface area contributed by atoms with Crippen molar-refractivity contribution >= 4 is 28.3 Å². The molecule has 0 spiro atoms. The lowest BCUT2D eigenvalue weighted by molar-refractivity contribution is 0.0968. The molecule has 0 saturated carbocycles. The summed E-state index contributed by atoms with van der Waals surface area (Å²) < 4.78 is 1.62. The van der Waals surface area contributed by atoms with Gasteiger partial charge in [0, 0.05) is 0 Å². The number of hydrogen-bond acceptors (Lipinski definition) is 3. The van der Waals surface area contributed by atoms with E-state index in [2.05, 4.69) is 11.9 Å². The summed E-state index contributed by atoms with van der Waals surface area (Å²) in [6, 6.07) is 7.75. The van der Waals surface area contributed by atoms with E-state index in [0.29, 0.717) is 0 Å². The third-order valence-corrected chi connectivity index (χ3v) is 3.97. The Kier molecular flexibility index (Phi) is 2.52. The molecular weight excluding hydrogens is 244 g/mol. The first kappa shape index (κ1) is 11.2. The highest BCUT2D eigenvalue weighted by atomic mass is 32.1. The van der Waals surface area contributed by atoms with Crippen LogP contribution in [-0.4, -0.2) is 15.5 Å². The maximum absolute atomic E-state index is 12.3. The summed E-state index contributed by atoms with van der Waals surface area (Å²) >= 11 is 1.45. The van der Waals surface area contributed by atoms with Crippen molar-refractivity contribution in [2.24, 2.45) is 0 Å². The zero-order valence-corrected chi connectivity index (χ0v) is 11.0. The minimum atomic E-state index is -0.0178. The van der Waals surface area contributed by atoms with Crippen LogP contribution in [0.5, 0.6) is 0 Å². The van der Waals surface area contributed by atoms with Gasteiger partial charge in [0.15, 0.2) is 0 Å². The smallest absolute Gasteiger partial charge is 0.267 e. The number of rotatable bonds is 1. The SMILES string of the molecule is Cc1cc2ncn(C(=O)c3cccs3)c2cc1C. The fourth-order valence-corrected chi connectivity index (χ4v) is 2.61. The second-order valence-corrected chi connectivity index (χ2v) is 5.27. The summed E-state index contributed by atoms with van der Waals surface area (Å²) in [5.74, 6) is -0.0178. The van der Waals surface area contributed by atoms with Crippen molar-refractivity contribution in [2.45, 2.75) is 13.8 Å². The van der Waals surface area contributed by atoms with Gasteiger partial charge >= 0.3 is 0 Å². The highest BCUT2D eigenvalue weighted by Gasteiger charge is 2.13. The molecule has 0 aliphatic carbocycles. The van der Waals surface area contributed by atoms with Gasteiger partial charge in [-0.2, -0.15) is 0 Å². The first-order valence-electron chi connectivity index (χ1n) is 5.69. The molecule has 3 rings (SSSR count). The maximum Gasteiger partial charge on any atom is 0.273 e. The van der Waals surface area contributed by atoms with Crippen LogP contribution in [0.4, 0.5) is 0 Å². The molecule has 0 fully saturated rings. The number of aryl methyl sites for hydroxylation is 2. The maximum atomic E-state index is 12.3. The van der Waals surface area contributed by atoms with Crippen LogP contribution in [0.2, 0.25) is 0 Å². The lowest BCUT2D eigenvalue weighted by Crippen LogP contribution is -2.08. The Balaban J connectivity index is 2.19. The van der Waals surface area contributed by atoms with E-state index >= 15 is 0 Å². The molecule has 3 aromatic rings.